The number of ether oxygens (including phenoxy) is 2. The first-order valence-electron chi connectivity index (χ1n) is 11.4. The summed E-state index contributed by atoms with van der Waals surface area (Å²) in [5.41, 5.74) is 0.854. The number of rotatable bonds is 8. The Balaban J connectivity index is 1.78. The molecule has 1 amide bonds. The molecule has 184 valence electrons. The summed E-state index contributed by atoms with van der Waals surface area (Å²) in [5.74, 6) is -0.884. The fraction of sp³-hybridized carbons (Fsp3) is 0.440. The van der Waals surface area contributed by atoms with Crippen molar-refractivity contribution in [3.8, 4) is 5.75 Å². The Labute approximate surface area is 201 Å². The molecule has 9 heteroatoms. The first kappa shape index (κ1) is 25.7. The molecule has 1 heterocycles. The smallest absolute Gasteiger partial charge is 0.338 e. The summed E-state index contributed by atoms with van der Waals surface area (Å²) >= 11 is 0. The SMILES string of the molecule is COc1ccc(C(=O)O[C@H](C)C(=O)N2CCCCCC2)cc1S(=O)(=O)N(C)Cc1ccccc1. The molecule has 0 bridgehead atoms. The zero-order valence-corrected chi connectivity index (χ0v) is 20.7. The van der Waals surface area contributed by atoms with Crippen LogP contribution >= 0.6 is 0 Å². The highest BCUT2D eigenvalue weighted by atomic mass is 32.2. The van der Waals surface area contributed by atoms with Crippen LogP contribution in [0, 0.1) is 0 Å². The number of sulfonamides is 1. The molecule has 0 aliphatic carbocycles. The van der Waals surface area contributed by atoms with Gasteiger partial charge in [-0.25, -0.2) is 13.2 Å². The average molecular weight is 489 g/mol. The Morgan fingerprint density at radius 1 is 1.03 bits per heavy atom. The average Bonchev–Trinajstić information content (AvgIpc) is 3.13. The fourth-order valence-corrected chi connectivity index (χ4v) is 5.26. The largest absolute Gasteiger partial charge is 0.495 e. The number of benzene rings is 2. The lowest BCUT2D eigenvalue weighted by molar-refractivity contribution is -0.139. The molecule has 1 atom stereocenters. The van der Waals surface area contributed by atoms with Crippen LogP contribution in [0.15, 0.2) is 53.4 Å². The summed E-state index contributed by atoms with van der Waals surface area (Å²) in [6, 6.07) is 13.3. The number of methoxy groups -OCH3 is 1. The summed E-state index contributed by atoms with van der Waals surface area (Å²) in [6.07, 6.45) is 3.07. The highest BCUT2D eigenvalue weighted by molar-refractivity contribution is 7.89. The predicted octanol–water partition coefficient (Wildman–Crippen LogP) is 3.46. The quantitative estimate of drug-likeness (QED) is 0.529. The fourth-order valence-electron chi connectivity index (χ4n) is 3.93. The Morgan fingerprint density at radius 2 is 1.68 bits per heavy atom. The summed E-state index contributed by atoms with van der Waals surface area (Å²) in [4.78, 5) is 27.1. The van der Waals surface area contributed by atoms with Crippen molar-refractivity contribution in [3.05, 3.63) is 59.7 Å². The predicted molar refractivity (Wildman–Crippen MR) is 128 cm³/mol. The summed E-state index contributed by atoms with van der Waals surface area (Å²) in [7, 11) is -1.14. The highest BCUT2D eigenvalue weighted by Gasteiger charge is 2.29. The normalized spacial score (nSPS) is 15.5. The van der Waals surface area contributed by atoms with Crippen LogP contribution in [0.5, 0.6) is 5.75 Å². The second kappa shape index (κ2) is 11.5. The van der Waals surface area contributed by atoms with Crippen molar-refractivity contribution in [1.29, 1.82) is 0 Å². The van der Waals surface area contributed by atoms with E-state index in [1.807, 2.05) is 30.3 Å². The van der Waals surface area contributed by atoms with Gasteiger partial charge < -0.3 is 14.4 Å². The Bertz CT molecular complexity index is 1100. The van der Waals surface area contributed by atoms with Gasteiger partial charge in [0, 0.05) is 26.7 Å². The van der Waals surface area contributed by atoms with Gasteiger partial charge in [-0.15, -0.1) is 0 Å². The molecule has 3 rings (SSSR count). The van der Waals surface area contributed by atoms with Crippen LogP contribution in [0.3, 0.4) is 0 Å². The molecule has 0 saturated carbocycles. The summed E-state index contributed by atoms with van der Waals surface area (Å²) in [6.45, 7) is 3.00. The minimum Gasteiger partial charge on any atom is -0.495 e. The summed E-state index contributed by atoms with van der Waals surface area (Å²) < 4.78 is 38.5. The number of carbonyl (C=O) groups excluding carboxylic acids is 2. The number of amides is 1. The van der Waals surface area contributed by atoms with E-state index in [0.717, 1.165) is 31.2 Å². The molecule has 0 aromatic heterocycles. The van der Waals surface area contributed by atoms with Gasteiger partial charge >= 0.3 is 5.97 Å². The minimum atomic E-state index is -3.98. The van der Waals surface area contributed by atoms with E-state index in [9.17, 15) is 18.0 Å². The van der Waals surface area contributed by atoms with Gasteiger partial charge in [-0.2, -0.15) is 4.31 Å². The Kier molecular flexibility index (Phi) is 8.68. The first-order chi connectivity index (χ1) is 16.2. The Hall–Kier alpha value is -2.91. The molecule has 34 heavy (non-hydrogen) atoms. The summed E-state index contributed by atoms with van der Waals surface area (Å²) in [5, 5.41) is 0. The lowest BCUT2D eigenvalue weighted by Gasteiger charge is -2.24. The second-order valence-corrected chi connectivity index (χ2v) is 10.4. The standard InChI is InChI=1S/C25H32N2O6S/c1-19(24(28)27-15-9-4-5-10-16-27)33-25(29)21-13-14-22(32-3)23(17-21)34(30,31)26(2)18-20-11-7-6-8-12-20/h6-8,11-14,17,19H,4-5,9-10,15-16,18H2,1-3H3/t19-/m1/s1. The van der Waals surface area contributed by atoms with Gasteiger partial charge in [-0.05, 0) is 43.5 Å². The van der Waals surface area contributed by atoms with Crippen molar-refractivity contribution in [2.75, 3.05) is 27.2 Å². The van der Waals surface area contributed by atoms with E-state index in [4.69, 9.17) is 9.47 Å². The van der Waals surface area contributed by atoms with E-state index in [2.05, 4.69) is 0 Å². The zero-order chi connectivity index (χ0) is 24.7. The van der Waals surface area contributed by atoms with Crippen molar-refractivity contribution < 1.29 is 27.5 Å². The molecule has 0 radical (unpaired) electrons. The number of hydrogen-bond donors (Lipinski definition) is 0. The Morgan fingerprint density at radius 3 is 2.29 bits per heavy atom. The van der Waals surface area contributed by atoms with E-state index in [1.165, 1.54) is 36.7 Å². The number of carbonyl (C=O) groups is 2. The van der Waals surface area contributed by atoms with Gasteiger partial charge in [0.25, 0.3) is 5.91 Å². The van der Waals surface area contributed by atoms with Crippen molar-refractivity contribution in [2.24, 2.45) is 0 Å². The minimum absolute atomic E-state index is 0.0306. The third kappa shape index (κ3) is 6.15. The van der Waals surface area contributed by atoms with Crippen molar-refractivity contribution in [3.63, 3.8) is 0 Å². The number of esters is 1. The molecule has 1 aliphatic rings. The number of likely N-dealkylation sites (tertiary alicyclic amines) is 1. The molecule has 8 nitrogen and oxygen atoms in total. The van der Waals surface area contributed by atoms with E-state index >= 15 is 0 Å². The lowest BCUT2D eigenvalue weighted by Crippen LogP contribution is -2.40. The molecule has 0 spiro atoms. The van der Waals surface area contributed by atoms with Crippen LogP contribution < -0.4 is 4.74 Å². The topological polar surface area (TPSA) is 93.2 Å². The zero-order valence-electron chi connectivity index (χ0n) is 19.9. The molecule has 2 aromatic carbocycles. The van der Waals surface area contributed by atoms with Gasteiger partial charge in [0.2, 0.25) is 10.0 Å². The van der Waals surface area contributed by atoms with Crippen molar-refractivity contribution >= 4 is 21.9 Å². The van der Waals surface area contributed by atoms with Crippen molar-refractivity contribution in [1.82, 2.24) is 9.21 Å². The molecular formula is C25H32N2O6S. The van der Waals surface area contributed by atoms with Gasteiger partial charge in [0.05, 0.1) is 12.7 Å². The maximum Gasteiger partial charge on any atom is 0.338 e. The second-order valence-electron chi connectivity index (χ2n) is 8.40. The van der Waals surface area contributed by atoms with Gasteiger partial charge in [0.15, 0.2) is 6.10 Å². The van der Waals surface area contributed by atoms with Gasteiger partial charge in [-0.1, -0.05) is 43.2 Å². The van der Waals surface area contributed by atoms with Crippen LogP contribution in [0.4, 0.5) is 0 Å². The molecule has 1 aliphatic heterocycles. The maximum absolute atomic E-state index is 13.3. The third-order valence-electron chi connectivity index (χ3n) is 5.88. The molecule has 0 N–H and O–H groups in total. The van der Waals surface area contributed by atoms with Crippen LogP contribution in [0.25, 0.3) is 0 Å². The highest BCUT2D eigenvalue weighted by Crippen LogP contribution is 2.28. The van der Waals surface area contributed by atoms with Gasteiger partial charge in [-0.3, -0.25) is 4.79 Å². The van der Waals surface area contributed by atoms with Crippen LogP contribution in [0.2, 0.25) is 0 Å². The number of hydrogen-bond acceptors (Lipinski definition) is 6. The van der Waals surface area contributed by atoms with Gasteiger partial charge in [0.1, 0.15) is 10.6 Å². The van der Waals surface area contributed by atoms with Crippen molar-refractivity contribution in [2.45, 2.75) is 50.2 Å². The lowest BCUT2D eigenvalue weighted by atomic mass is 10.2. The van der Waals surface area contributed by atoms with Crippen LogP contribution in [-0.2, 0) is 26.1 Å². The van der Waals surface area contributed by atoms with E-state index < -0.39 is 22.1 Å². The van der Waals surface area contributed by atoms with E-state index in [1.54, 1.807) is 11.8 Å². The molecule has 2 aromatic rings. The van der Waals surface area contributed by atoms with E-state index in [0.29, 0.717) is 13.1 Å². The van der Waals surface area contributed by atoms with E-state index in [-0.39, 0.29) is 28.7 Å². The van der Waals surface area contributed by atoms with Crippen LogP contribution in [-0.4, -0.2) is 62.9 Å². The molecule has 1 saturated heterocycles. The number of nitrogens with zero attached hydrogens (tertiary/aromatic N) is 2. The van der Waals surface area contributed by atoms with Crippen LogP contribution in [0.1, 0.15) is 48.5 Å². The molecule has 0 unspecified atom stereocenters. The first-order valence-corrected chi connectivity index (χ1v) is 12.9. The maximum atomic E-state index is 13.3. The molecular weight excluding hydrogens is 456 g/mol. The monoisotopic (exact) mass is 488 g/mol. The molecule has 1 fully saturated rings. The third-order valence-corrected chi connectivity index (χ3v) is 7.71.